The van der Waals surface area contributed by atoms with Crippen LogP contribution in [0.2, 0.25) is 0 Å². The van der Waals surface area contributed by atoms with Crippen LogP contribution in [0.15, 0.2) is 12.7 Å². The molecule has 1 aliphatic carbocycles. The van der Waals surface area contributed by atoms with Crippen LogP contribution in [0.1, 0.15) is 44.9 Å². The van der Waals surface area contributed by atoms with Crippen molar-refractivity contribution >= 4 is 31.7 Å². The Kier molecular flexibility index (Phi) is 11.7. The summed E-state index contributed by atoms with van der Waals surface area (Å²) < 4.78 is 12.0. The summed E-state index contributed by atoms with van der Waals surface area (Å²) in [6.45, 7) is 7.12. The van der Waals surface area contributed by atoms with E-state index in [1.54, 1.807) is 0 Å². The lowest BCUT2D eigenvalue weighted by atomic mass is 9.88. The molecule has 1 amide bonds. The number of hydrogen-bond donors (Lipinski definition) is 2. The Morgan fingerprint density at radius 2 is 1.92 bits per heavy atom. The molecule has 1 fully saturated rings. The zero-order valence-corrected chi connectivity index (χ0v) is 16.5. The summed E-state index contributed by atoms with van der Waals surface area (Å²) >= 11 is 7.57. The third-order valence-electron chi connectivity index (χ3n) is 4.38. The normalized spacial score (nSPS) is 20.8. The van der Waals surface area contributed by atoms with Gasteiger partial charge >= 0.3 is 6.09 Å². The number of nitrogens with zero attached hydrogens (tertiary/aromatic N) is 2. The fourth-order valence-electron chi connectivity index (χ4n) is 2.93. The van der Waals surface area contributed by atoms with Gasteiger partial charge in [-0.15, -0.1) is 6.58 Å². The molecule has 1 rings (SSSR count). The van der Waals surface area contributed by atoms with Crippen LogP contribution in [0.5, 0.6) is 0 Å². The number of likely N-dealkylation sites (N-methyl/N-ethyl adjacent to an activating group) is 1. The van der Waals surface area contributed by atoms with Crippen molar-refractivity contribution in [2.75, 3.05) is 33.4 Å². The fourth-order valence-corrected chi connectivity index (χ4v) is 3.05. The van der Waals surface area contributed by atoms with E-state index in [4.69, 9.17) is 9.47 Å². The monoisotopic (exact) mass is 376 g/mol. The van der Waals surface area contributed by atoms with Crippen LogP contribution < -0.4 is 0 Å². The van der Waals surface area contributed by atoms with Crippen molar-refractivity contribution in [2.24, 2.45) is 5.92 Å². The van der Waals surface area contributed by atoms with Crippen molar-refractivity contribution in [3.05, 3.63) is 12.7 Å². The highest BCUT2D eigenvalue weighted by atomic mass is 32.2. The Hall–Kier alpha value is -0.370. The average molecular weight is 377 g/mol. The Morgan fingerprint density at radius 3 is 2.54 bits per heavy atom. The van der Waals surface area contributed by atoms with Gasteiger partial charge in [0, 0.05) is 13.2 Å². The minimum atomic E-state index is -0.515. The van der Waals surface area contributed by atoms with E-state index < -0.39 is 6.09 Å². The third-order valence-corrected chi connectivity index (χ3v) is 4.70. The molecule has 7 heteroatoms. The average Bonchev–Trinajstić information content (AvgIpc) is 2.57. The molecule has 0 spiro atoms. The summed E-state index contributed by atoms with van der Waals surface area (Å²) in [5.74, 6) is 0.427. The smallest absolute Gasteiger partial charge is 0.429 e. The minimum absolute atomic E-state index is 0.367. The number of carbonyl (C=O) groups is 1. The van der Waals surface area contributed by atoms with E-state index >= 15 is 0 Å². The topological polar surface area (TPSA) is 42.0 Å². The van der Waals surface area contributed by atoms with E-state index in [0.29, 0.717) is 18.6 Å². The molecule has 0 radical (unpaired) electrons. The molecule has 24 heavy (non-hydrogen) atoms. The zero-order valence-electron chi connectivity index (χ0n) is 14.7. The molecule has 140 valence electrons. The van der Waals surface area contributed by atoms with Crippen molar-refractivity contribution < 1.29 is 14.3 Å². The molecular weight excluding hydrogens is 344 g/mol. The first-order chi connectivity index (χ1) is 11.5. The Bertz CT molecular complexity index is 362. The summed E-state index contributed by atoms with van der Waals surface area (Å²) in [6.07, 6.45) is 9.52. The van der Waals surface area contributed by atoms with Crippen molar-refractivity contribution in [2.45, 2.75) is 51.0 Å². The third kappa shape index (κ3) is 9.81. The predicted molar refractivity (Wildman–Crippen MR) is 104 cm³/mol. The van der Waals surface area contributed by atoms with Gasteiger partial charge < -0.3 is 14.4 Å². The Labute approximate surface area is 157 Å². The molecule has 0 heterocycles. The van der Waals surface area contributed by atoms with Gasteiger partial charge in [0.25, 0.3) is 0 Å². The molecule has 0 unspecified atom stereocenters. The number of rotatable bonds is 11. The summed E-state index contributed by atoms with van der Waals surface area (Å²) in [5, 5.41) is 0. The van der Waals surface area contributed by atoms with Crippen molar-refractivity contribution in [3.8, 4) is 0 Å². The Morgan fingerprint density at radius 1 is 1.21 bits per heavy atom. The van der Waals surface area contributed by atoms with Gasteiger partial charge in [-0.05, 0) is 90.1 Å². The largest absolute Gasteiger partial charge is 0.448 e. The van der Waals surface area contributed by atoms with E-state index in [9.17, 15) is 4.79 Å². The van der Waals surface area contributed by atoms with Crippen LogP contribution in [-0.2, 0) is 9.47 Å². The molecule has 0 atom stereocenters. The number of hydrogen-bond acceptors (Lipinski definition) is 6. The highest BCUT2D eigenvalue weighted by molar-refractivity contribution is 7.94. The van der Waals surface area contributed by atoms with Crippen LogP contribution in [0.4, 0.5) is 4.79 Å². The maximum absolute atomic E-state index is 11.3. The number of ether oxygens (including phenoxy) is 2. The molecule has 0 saturated heterocycles. The number of amides is 1. The van der Waals surface area contributed by atoms with Gasteiger partial charge in [0.2, 0.25) is 0 Å². The molecule has 1 aliphatic rings. The number of thiol groups is 2. The van der Waals surface area contributed by atoms with Crippen LogP contribution in [0, 0.1) is 5.92 Å². The zero-order chi connectivity index (χ0) is 17.8. The lowest BCUT2D eigenvalue weighted by Crippen LogP contribution is -2.26. The van der Waals surface area contributed by atoms with Crippen molar-refractivity contribution in [1.29, 1.82) is 0 Å². The second-order valence-electron chi connectivity index (χ2n) is 6.49. The molecule has 5 nitrogen and oxygen atoms in total. The van der Waals surface area contributed by atoms with Gasteiger partial charge in [-0.3, -0.25) is 0 Å². The highest BCUT2D eigenvalue weighted by Gasteiger charge is 2.23. The standard InChI is InChI=1S/C17H32N2O3S2/c1-3-11-18(2)12-5-4-6-13-21-16-9-7-15(8-10-16)14-22-17(20)19(23)24/h3,15-16,23-24H,1,4-14H2,2H3. The van der Waals surface area contributed by atoms with E-state index in [-0.39, 0.29) is 0 Å². The maximum Gasteiger partial charge on any atom is 0.429 e. The second kappa shape index (κ2) is 12.9. The number of unbranched alkanes of at least 4 members (excludes halogenated alkanes) is 2. The molecule has 0 aromatic carbocycles. The summed E-state index contributed by atoms with van der Waals surface area (Å²) in [4.78, 5) is 13.6. The molecule has 0 aliphatic heterocycles. The predicted octanol–water partition coefficient (Wildman–Crippen LogP) is 3.98. The molecule has 1 saturated carbocycles. The fraction of sp³-hybridized carbons (Fsp3) is 0.824. The van der Waals surface area contributed by atoms with Crippen LogP contribution >= 0.6 is 25.6 Å². The summed E-state index contributed by atoms with van der Waals surface area (Å²) in [7, 11) is 2.12. The first kappa shape index (κ1) is 21.7. The van der Waals surface area contributed by atoms with Gasteiger partial charge in [0.15, 0.2) is 0 Å². The second-order valence-corrected chi connectivity index (χ2v) is 7.61. The minimum Gasteiger partial charge on any atom is -0.448 e. The quantitative estimate of drug-likeness (QED) is 0.325. The summed E-state index contributed by atoms with van der Waals surface area (Å²) in [6, 6.07) is 0. The van der Waals surface area contributed by atoms with Gasteiger partial charge in [0.1, 0.15) is 0 Å². The molecule has 0 N–H and O–H groups in total. The first-order valence-electron chi connectivity index (χ1n) is 8.78. The molecular formula is C17H32N2O3S2. The SMILES string of the molecule is C=CCN(C)CCCCCOC1CCC(COC(=O)N(S)S)CC1. The van der Waals surface area contributed by atoms with E-state index in [1.165, 1.54) is 12.8 Å². The van der Waals surface area contributed by atoms with E-state index in [1.807, 2.05) is 6.08 Å². The van der Waals surface area contributed by atoms with Gasteiger partial charge in [-0.2, -0.15) is 3.71 Å². The van der Waals surface area contributed by atoms with Crippen LogP contribution in [0.3, 0.4) is 0 Å². The molecule has 0 aromatic heterocycles. The van der Waals surface area contributed by atoms with E-state index in [0.717, 1.165) is 55.5 Å². The first-order valence-corrected chi connectivity index (χ1v) is 9.58. The number of carbonyl (C=O) groups excluding carboxylic acids is 1. The van der Waals surface area contributed by atoms with Gasteiger partial charge in [0.05, 0.1) is 12.7 Å². The van der Waals surface area contributed by atoms with Gasteiger partial charge in [-0.25, -0.2) is 4.79 Å². The van der Waals surface area contributed by atoms with Crippen molar-refractivity contribution in [3.63, 3.8) is 0 Å². The lowest BCUT2D eigenvalue weighted by molar-refractivity contribution is 0.00757. The highest BCUT2D eigenvalue weighted by Crippen LogP contribution is 2.27. The Balaban J connectivity index is 1.98. The maximum atomic E-state index is 11.3. The van der Waals surface area contributed by atoms with E-state index in [2.05, 4.69) is 44.2 Å². The molecule has 0 aromatic rings. The van der Waals surface area contributed by atoms with Crippen LogP contribution in [0.25, 0.3) is 0 Å². The molecule has 0 bridgehead atoms. The van der Waals surface area contributed by atoms with Crippen LogP contribution in [-0.4, -0.2) is 54.2 Å². The lowest BCUT2D eigenvalue weighted by Gasteiger charge is -2.28. The summed E-state index contributed by atoms with van der Waals surface area (Å²) in [5.41, 5.74) is 0. The van der Waals surface area contributed by atoms with Gasteiger partial charge in [-0.1, -0.05) is 6.08 Å². The van der Waals surface area contributed by atoms with Crippen molar-refractivity contribution in [1.82, 2.24) is 8.61 Å².